The lowest BCUT2D eigenvalue weighted by Gasteiger charge is -2.34. The molecule has 8 nitrogen and oxygen atoms in total. The van der Waals surface area contributed by atoms with Crippen LogP contribution >= 0.6 is 0 Å². The third kappa shape index (κ3) is 4.40. The molecular formula is C24H26N6O2. The van der Waals surface area contributed by atoms with Gasteiger partial charge in [-0.2, -0.15) is 0 Å². The first kappa shape index (κ1) is 20.4. The minimum atomic E-state index is 0.162. The van der Waals surface area contributed by atoms with Crippen LogP contribution in [0.3, 0.4) is 0 Å². The highest BCUT2D eigenvalue weighted by atomic mass is 16.5. The topological polar surface area (TPSA) is 75.9 Å². The molecule has 2 aliphatic rings. The largest absolute Gasteiger partial charge is 0.439 e. The van der Waals surface area contributed by atoms with Gasteiger partial charge in [-0.3, -0.25) is 14.7 Å². The van der Waals surface area contributed by atoms with Gasteiger partial charge in [-0.1, -0.05) is 0 Å². The zero-order valence-electron chi connectivity index (χ0n) is 18.1. The van der Waals surface area contributed by atoms with Gasteiger partial charge in [-0.05, 0) is 35.4 Å². The molecule has 0 N–H and O–H groups in total. The molecular weight excluding hydrogens is 404 g/mol. The smallest absolute Gasteiger partial charge is 0.219 e. The third-order valence-corrected chi connectivity index (χ3v) is 6.04. The van der Waals surface area contributed by atoms with Gasteiger partial charge >= 0.3 is 0 Å². The molecule has 4 heterocycles. The molecule has 8 heteroatoms. The molecule has 0 atom stereocenters. The summed E-state index contributed by atoms with van der Waals surface area (Å²) >= 11 is 0. The summed E-state index contributed by atoms with van der Waals surface area (Å²) in [6.07, 6.45) is 7.53. The lowest BCUT2D eigenvalue weighted by atomic mass is 10.1. The highest BCUT2D eigenvalue weighted by Crippen LogP contribution is 2.25. The minimum absolute atomic E-state index is 0.162. The van der Waals surface area contributed by atoms with E-state index in [2.05, 4.69) is 24.4 Å². The molecule has 5 rings (SSSR count). The van der Waals surface area contributed by atoms with Crippen LogP contribution in [0, 0.1) is 0 Å². The summed E-state index contributed by atoms with van der Waals surface area (Å²) in [5.74, 6) is 1.43. The molecule has 2 aromatic heterocycles. The summed E-state index contributed by atoms with van der Waals surface area (Å²) in [5.41, 5.74) is 4.20. The van der Waals surface area contributed by atoms with Gasteiger partial charge in [0.15, 0.2) is 0 Å². The Labute approximate surface area is 186 Å². The van der Waals surface area contributed by atoms with E-state index in [-0.39, 0.29) is 5.91 Å². The second kappa shape index (κ2) is 8.92. The number of carbonyl (C=O) groups excluding carboxylic acids is 1. The van der Waals surface area contributed by atoms with Crippen molar-refractivity contribution in [3.63, 3.8) is 0 Å². The molecule has 1 saturated heterocycles. The summed E-state index contributed by atoms with van der Waals surface area (Å²) < 4.78 is 8.11. The molecule has 0 spiro atoms. The number of carbonyl (C=O) groups is 1. The van der Waals surface area contributed by atoms with Crippen molar-refractivity contribution in [2.75, 3.05) is 39.3 Å². The number of ether oxygens (including phenoxy) is 1. The number of piperazine rings is 1. The maximum atomic E-state index is 11.5. The molecule has 0 aliphatic carbocycles. The van der Waals surface area contributed by atoms with Crippen molar-refractivity contribution in [1.29, 1.82) is 0 Å². The van der Waals surface area contributed by atoms with Gasteiger partial charge in [-0.25, -0.2) is 9.97 Å². The molecule has 2 aliphatic heterocycles. The van der Waals surface area contributed by atoms with Crippen LogP contribution < -0.4 is 4.74 Å². The second-order valence-corrected chi connectivity index (χ2v) is 8.11. The van der Waals surface area contributed by atoms with Crippen LogP contribution in [0.2, 0.25) is 0 Å². The van der Waals surface area contributed by atoms with Crippen molar-refractivity contribution in [3.8, 4) is 11.6 Å². The number of rotatable bonds is 6. The molecule has 164 valence electrons. The third-order valence-electron chi connectivity index (χ3n) is 6.04. The first-order chi connectivity index (χ1) is 15.7. The second-order valence-electron chi connectivity index (χ2n) is 8.11. The zero-order chi connectivity index (χ0) is 21.9. The van der Waals surface area contributed by atoms with Crippen LogP contribution in [0.5, 0.6) is 11.6 Å². The van der Waals surface area contributed by atoms with Crippen molar-refractivity contribution < 1.29 is 9.53 Å². The van der Waals surface area contributed by atoms with E-state index in [0.717, 1.165) is 61.4 Å². The van der Waals surface area contributed by atoms with Crippen LogP contribution in [-0.2, 0) is 11.3 Å². The Balaban J connectivity index is 1.20. The Bertz CT molecular complexity index is 1170. The summed E-state index contributed by atoms with van der Waals surface area (Å²) in [5, 5.41) is 0. The SMILES string of the molecule is CC(=O)N1CCN(CCn2cnc3cc(Oc4ccc(C5=CC=NC5)cn4)ccc32)CC1. The number of amides is 1. The van der Waals surface area contributed by atoms with Gasteiger partial charge in [0.2, 0.25) is 11.8 Å². The number of aliphatic imine (C=N–C) groups is 1. The van der Waals surface area contributed by atoms with Crippen LogP contribution in [0.25, 0.3) is 16.6 Å². The van der Waals surface area contributed by atoms with Crippen molar-refractivity contribution in [3.05, 3.63) is 54.5 Å². The van der Waals surface area contributed by atoms with E-state index in [4.69, 9.17) is 4.74 Å². The Kier molecular flexibility index (Phi) is 5.68. The Morgan fingerprint density at radius 2 is 1.94 bits per heavy atom. The number of allylic oxidation sites excluding steroid dienone is 1. The van der Waals surface area contributed by atoms with Gasteiger partial charge in [0.1, 0.15) is 5.75 Å². The summed E-state index contributed by atoms with van der Waals surface area (Å²) in [4.78, 5) is 29.0. The normalized spacial score (nSPS) is 16.5. The first-order valence-electron chi connectivity index (χ1n) is 10.9. The van der Waals surface area contributed by atoms with E-state index in [9.17, 15) is 4.79 Å². The maximum absolute atomic E-state index is 11.5. The van der Waals surface area contributed by atoms with E-state index >= 15 is 0 Å². The average Bonchev–Trinajstić information content (AvgIpc) is 3.49. The highest BCUT2D eigenvalue weighted by Gasteiger charge is 2.18. The van der Waals surface area contributed by atoms with Crippen molar-refractivity contribution >= 4 is 28.7 Å². The summed E-state index contributed by atoms with van der Waals surface area (Å²) in [6.45, 7) is 7.59. The molecule has 1 aromatic carbocycles. The van der Waals surface area contributed by atoms with Crippen molar-refractivity contribution in [1.82, 2.24) is 24.3 Å². The fourth-order valence-corrected chi connectivity index (χ4v) is 4.11. The lowest BCUT2D eigenvalue weighted by Crippen LogP contribution is -2.48. The molecule has 0 bridgehead atoms. The highest BCUT2D eigenvalue weighted by molar-refractivity contribution is 5.89. The standard InChI is InChI=1S/C24H26N6O2/c1-18(31)29-11-8-28(9-12-29)10-13-30-17-27-22-14-21(3-4-23(22)30)32-24-5-2-19(16-26-24)20-6-7-25-15-20/h2-7,14,16-17H,8-13,15H2,1H3. The van der Waals surface area contributed by atoms with Gasteiger partial charge in [0, 0.05) is 70.7 Å². The number of benzene rings is 1. The van der Waals surface area contributed by atoms with E-state index in [1.54, 1.807) is 6.92 Å². The minimum Gasteiger partial charge on any atom is -0.439 e. The van der Waals surface area contributed by atoms with Gasteiger partial charge < -0.3 is 14.2 Å². The Morgan fingerprint density at radius 3 is 2.66 bits per heavy atom. The first-order valence-corrected chi connectivity index (χ1v) is 10.9. The van der Waals surface area contributed by atoms with E-state index in [1.807, 2.05) is 60.0 Å². The summed E-state index contributed by atoms with van der Waals surface area (Å²) in [6, 6.07) is 9.82. The molecule has 32 heavy (non-hydrogen) atoms. The number of aromatic nitrogens is 3. The predicted octanol–water partition coefficient (Wildman–Crippen LogP) is 2.86. The number of hydrogen-bond donors (Lipinski definition) is 0. The van der Waals surface area contributed by atoms with E-state index in [1.165, 1.54) is 0 Å². The molecule has 1 amide bonds. The molecule has 0 unspecified atom stereocenters. The van der Waals surface area contributed by atoms with Crippen molar-refractivity contribution in [2.45, 2.75) is 13.5 Å². The Hall–Kier alpha value is -3.52. The predicted molar refractivity (Wildman–Crippen MR) is 124 cm³/mol. The van der Waals surface area contributed by atoms with Gasteiger partial charge in [0.25, 0.3) is 0 Å². The molecule has 0 saturated carbocycles. The van der Waals surface area contributed by atoms with E-state index in [0.29, 0.717) is 18.2 Å². The lowest BCUT2D eigenvalue weighted by molar-refractivity contribution is -0.130. The van der Waals surface area contributed by atoms with Crippen LogP contribution in [-0.4, -0.2) is 75.7 Å². The number of fused-ring (bicyclic) bond motifs is 1. The fraction of sp³-hybridized carbons (Fsp3) is 0.333. The zero-order valence-corrected chi connectivity index (χ0v) is 18.1. The molecule has 0 radical (unpaired) electrons. The summed E-state index contributed by atoms with van der Waals surface area (Å²) in [7, 11) is 0. The van der Waals surface area contributed by atoms with Crippen LogP contribution in [0.1, 0.15) is 12.5 Å². The average molecular weight is 431 g/mol. The van der Waals surface area contributed by atoms with Crippen molar-refractivity contribution in [2.24, 2.45) is 4.99 Å². The number of hydrogen-bond acceptors (Lipinski definition) is 6. The fourth-order valence-electron chi connectivity index (χ4n) is 4.11. The van der Waals surface area contributed by atoms with Gasteiger partial charge in [-0.15, -0.1) is 0 Å². The van der Waals surface area contributed by atoms with Gasteiger partial charge in [0.05, 0.1) is 23.9 Å². The monoisotopic (exact) mass is 430 g/mol. The Morgan fingerprint density at radius 1 is 1.06 bits per heavy atom. The maximum Gasteiger partial charge on any atom is 0.219 e. The number of nitrogens with zero attached hydrogens (tertiary/aromatic N) is 6. The molecule has 1 fully saturated rings. The van der Waals surface area contributed by atoms with Crippen LogP contribution in [0.15, 0.2) is 53.9 Å². The molecule has 3 aromatic rings. The van der Waals surface area contributed by atoms with Crippen LogP contribution in [0.4, 0.5) is 0 Å². The van der Waals surface area contributed by atoms with E-state index < -0.39 is 0 Å². The number of imidazole rings is 1. The quantitative estimate of drug-likeness (QED) is 0.601. The number of pyridine rings is 1.